The standard InChI is InChI=1S/C16H23N7O3/c1-21(2)14-15(18-13-12(17-14)19-26-20-13)23-5-3-4-11(10-23)16(24)22-6-8-25-9-7-22/h11H,3-10H2,1-2H3. The molecule has 2 aliphatic heterocycles. The molecular formula is C16H23N7O3. The SMILES string of the molecule is CN(C)c1nc2nonc2nc1N1CCCC(C(=O)N2CCOCC2)C1. The third kappa shape index (κ3) is 3.16. The number of fused-ring (bicyclic) bond motifs is 1. The first-order valence-corrected chi connectivity index (χ1v) is 8.92. The molecule has 2 fully saturated rings. The van der Waals surface area contributed by atoms with E-state index in [0.29, 0.717) is 50.0 Å². The Bertz CT molecular complexity index is 787. The molecule has 0 aliphatic carbocycles. The first-order valence-electron chi connectivity index (χ1n) is 8.92. The Morgan fingerprint density at radius 3 is 2.58 bits per heavy atom. The summed E-state index contributed by atoms with van der Waals surface area (Å²) in [6.45, 7) is 4.05. The highest BCUT2D eigenvalue weighted by molar-refractivity contribution is 5.81. The zero-order chi connectivity index (χ0) is 18.1. The summed E-state index contributed by atoms with van der Waals surface area (Å²) in [5.74, 6) is 1.59. The van der Waals surface area contributed by atoms with E-state index < -0.39 is 0 Å². The third-order valence-electron chi connectivity index (χ3n) is 4.89. The smallest absolute Gasteiger partial charge is 0.245 e. The van der Waals surface area contributed by atoms with Gasteiger partial charge in [0.25, 0.3) is 0 Å². The minimum Gasteiger partial charge on any atom is -0.378 e. The van der Waals surface area contributed by atoms with Crippen molar-refractivity contribution < 1.29 is 14.2 Å². The lowest BCUT2D eigenvalue weighted by atomic mass is 9.96. The first-order chi connectivity index (χ1) is 12.6. The van der Waals surface area contributed by atoms with Crippen molar-refractivity contribution in [1.82, 2.24) is 25.2 Å². The number of aromatic nitrogens is 4. The van der Waals surface area contributed by atoms with Gasteiger partial charge < -0.3 is 19.4 Å². The molecule has 10 heteroatoms. The molecule has 26 heavy (non-hydrogen) atoms. The highest BCUT2D eigenvalue weighted by Gasteiger charge is 2.32. The first kappa shape index (κ1) is 17.0. The fraction of sp³-hybridized carbons (Fsp3) is 0.688. The van der Waals surface area contributed by atoms with Crippen LogP contribution in [-0.2, 0) is 9.53 Å². The molecule has 2 aliphatic rings. The molecule has 1 unspecified atom stereocenters. The van der Waals surface area contributed by atoms with Crippen molar-refractivity contribution in [3.05, 3.63) is 0 Å². The van der Waals surface area contributed by atoms with Crippen LogP contribution in [0.3, 0.4) is 0 Å². The van der Waals surface area contributed by atoms with Gasteiger partial charge in [-0.15, -0.1) is 0 Å². The summed E-state index contributed by atoms with van der Waals surface area (Å²) in [6, 6.07) is 0. The zero-order valence-corrected chi connectivity index (χ0v) is 15.1. The second kappa shape index (κ2) is 7.02. The molecule has 4 heterocycles. The molecule has 1 atom stereocenters. The predicted octanol–water partition coefficient (Wildman–Crippen LogP) is 0.154. The van der Waals surface area contributed by atoms with Gasteiger partial charge in [0.05, 0.1) is 19.1 Å². The quantitative estimate of drug-likeness (QED) is 0.756. The van der Waals surface area contributed by atoms with Crippen LogP contribution in [0.5, 0.6) is 0 Å². The lowest BCUT2D eigenvalue weighted by Crippen LogP contribution is -2.48. The molecule has 4 rings (SSSR count). The number of ether oxygens (including phenoxy) is 1. The third-order valence-corrected chi connectivity index (χ3v) is 4.89. The van der Waals surface area contributed by atoms with E-state index in [-0.39, 0.29) is 11.8 Å². The summed E-state index contributed by atoms with van der Waals surface area (Å²) in [6.07, 6.45) is 1.83. The molecule has 0 bridgehead atoms. The molecule has 10 nitrogen and oxygen atoms in total. The van der Waals surface area contributed by atoms with Crippen LogP contribution >= 0.6 is 0 Å². The predicted molar refractivity (Wildman–Crippen MR) is 94.1 cm³/mol. The second-order valence-corrected chi connectivity index (χ2v) is 6.90. The maximum atomic E-state index is 12.9. The van der Waals surface area contributed by atoms with Gasteiger partial charge in [0.15, 0.2) is 11.6 Å². The molecule has 0 spiro atoms. The van der Waals surface area contributed by atoms with Gasteiger partial charge in [0, 0.05) is 40.3 Å². The Hall–Kier alpha value is -2.49. The summed E-state index contributed by atoms with van der Waals surface area (Å²) in [5.41, 5.74) is 0.766. The number of rotatable bonds is 3. The number of morpholine rings is 1. The fourth-order valence-corrected chi connectivity index (χ4v) is 3.55. The van der Waals surface area contributed by atoms with Crippen molar-refractivity contribution in [2.24, 2.45) is 5.92 Å². The van der Waals surface area contributed by atoms with Crippen molar-refractivity contribution in [2.75, 3.05) is 63.3 Å². The van der Waals surface area contributed by atoms with Crippen LogP contribution in [0.2, 0.25) is 0 Å². The lowest BCUT2D eigenvalue weighted by molar-refractivity contribution is -0.139. The van der Waals surface area contributed by atoms with Crippen molar-refractivity contribution in [3.63, 3.8) is 0 Å². The van der Waals surface area contributed by atoms with E-state index in [9.17, 15) is 4.79 Å². The Morgan fingerprint density at radius 2 is 1.85 bits per heavy atom. The van der Waals surface area contributed by atoms with Crippen molar-refractivity contribution in [2.45, 2.75) is 12.8 Å². The number of anilines is 2. The van der Waals surface area contributed by atoms with Crippen molar-refractivity contribution >= 4 is 28.8 Å². The number of piperidine rings is 1. The second-order valence-electron chi connectivity index (χ2n) is 6.90. The lowest BCUT2D eigenvalue weighted by Gasteiger charge is -2.37. The van der Waals surface area contributed by atoms with E-state index in [1.165, 1.54) is 0 Å². The van der Waals surface area contributed by atoms with E-state index in [0.717, 1.165) is 25.2 Å². The largest absolute Gasteiger partial charge is 0.378 e. The van der Waals surface area contributed by atoms with Crippen molar-refractivity contribution in [3.8, 4) is 0 Å². The van der Waals surface area contributed by atoms with Crippen molar-refractivity contribution in [1.29, 1.82) is 0 Å². The summed E-state index contributed by atoms with van der Waals surface area (Å²) in [4.78, 5) is 27.9. The van der Waals surface area contributed by atoms with Gasteiger partial charge in [-0.05, 0) is 23.2 Å². The minimum absolute atomic E-state index is 0.0372. The molecule has 0 saturated carbocycles. The number of carbonyl (C=O) groups is 1. The van der Waals surface area contributed by atoms with Crippen LogP contribution in [-0.4, -0.2) is 84.6 Å². The van der Waals surface area contributed by atoms with Crippen LogP contribution < -0.4 is 9.80 Å². The average molecular weight is 361 g/mol. The number of hydrogen-bond acceptors (Lipinski definition) is 9. The molecule has 140 valence electrons. The maximum Gasteiger partial charge on any atom is 0.245 e. The molecule has 2 saturated heterocycles. The fourth-order valence-electron chi connectivity index (χ4n) is 3.55. The summed E-state index contributed by atoms with van der Waals surface area (Å²) in [7, 11) is 3.82. The van der Waals surface area contributed by atoms with E-state index in [1.54, 1.807) is 0 Å². The highest BCUT2D eigenvalue weighted by Crippen LogP contribution is 2.30. The molecule has 0 N–H and O–H groups in total. The van der Waals surface area contributed by atoms with Crippen LogP contribution in [0.25, 0.3) is 11.3 Å². The van der Waals surface area contributed by atoms with Gasteiger partial charge in [-0.3, -0.25) is 4.79 Å². The van der Waals surface area contributed by atoms with Crippen LogP contribution in [0, 0.1) is 5.92 Å². The Morgan fingerprint density at radius 1 is 1.12 bits per heavy atom. The Balaban J connectivity index is 1.58. The van der Waals surface area contributed by atoms with Crippen LogP contribution in [0.4, 0.5) is 11.6 Å². The average Bonchev–Trinajstić information content (AvgIpc) is 3.14. The summed E-state index contributed by atoms with van der Waals surface area (Å²) < 4.78 is 10.1. The van der Waals surface area contributed by atoms with Gasteiger partial charge >= 0.3 is 0 Å². The number of carbonyl (C=O) groups excluding carboxylic acids is 1. The van der Waals surface area contributed by atoms with E-state index in [1.807, 2.05) is 23.9 Å². The Labute approximate surface area is 151 Å². The van der Waals surface area contributed by atoms with E-state index in [2.05, 4.69) is 25.2 Å². The van der Waals surface area contributed by atoms with E-state index >= 15 is 0 Å². The Kier molecular flexibility index (Phi) is 4.58. The number of nitrogens with zero attached hydrogens (tertiary/aromatic N) is 7. The molecule has 1 amide bonds. The van der Waals surface area contributed by atoms with Crippen LogP contribution in [0.15, 0.2) is 4.63 Å². The number of hydrogen-bond donors (Lipinski definition) is 0. The van der Waals surface area contributed by atoms with Gasteiger partial charge in [0.1, 0.15) is 0 Å². The van der Waals surface area contributed by atoms with Gasteiger partial charge in [-0.2, -0.15) is 0 Å². The highest BCUT2D eigenvalue weighted by atomic mass is 16.6. The molecule has 0 aromatic carbocycles. The van der Waals surface area contributed by atoms with Crippen LogP contribution in [0.1, 0.15) is 12.8 Å². The monoisotopic (exact) mass is 361 g/mol. The van der Waals surface area contributed by atoms with Gasteiger partial charge in [-0.25, -0.2) is 14.6 Å². The maximum absolute atomic E-state index is 12.9. The normalized spacial score (nSPS) is 21.2. The minimum atomic E-state index is -0.0372. The molecular weight excluding hydrogens is 338 g/mol. The molecule has 2 aromatic rings. The topological polar surface area (TPSA) is 101 Å². The summed E-state index contributed by atoms with van der Waals surface area (Å²) in [5, 5.41) is 7.58. The zero-order valence-electron chi connectivity index (χ0n) is 15.1. The molecule has 2 aromatic heterocycles. The van der Waals surface area contributed by atoms with E-state index in [4.69, 9.17) is 9.37 Å². The van der Waals surface area contributed by atoms with Gasteiger partial charge in [0.2, 0.25) is 17.2 Å². The molecule has 0 radical (unpaired) electrons. The number of amides is 1. The van der Waals surface area contributed by atoms with Gasteiger partial charge in [-0.1, -0.05) is 0 Å². The summed E-state index contributed by atoms with van der Waals surface area (Å²) >= 11 is 0.